The first-order valence-electron chi connectivity index (χ1n) is 7.14. The van der Waals surface area contributed by atoms with Gasteiger partial charge in [0.25, 0.3) is 0 Å². The van der Waals surface area contributed by atoms with Crippen molar-refractivity contribution in [3.8, 4) is 0 Å². The van der Waals surface area contributed by atoms with Gasteiger partial charge in [0, 0.05) is 18.0 Å². The van der Waals surface area contributed by atoms with E-state index in [9.17, 15) is 9.90 Å². The molecular formula is C14H28N2O2. The number of nitrogens with two attached hydrogens (primary N) is 1. The lowest BCUT2D eigenvalue weighted by molar-refractivity contribution is -0.126. The van der Waals surface area contributed by atoms with E-state index in [2.05, 4.69) is 19.2 Å². The van der Waals surface area contributed by atoms with Crippen LogP contribution < -0.4 is 11.1 Å². The van der Waals surface area contributed by atoms with Crippen LogP contribution in [0.15, 0.2) is 0 Å². The summed E-state index contributed by atoms with van der Waals surface area (Å²) in [5.41, 5.74) is 5.54. The van der Waals surface area contributed by atoms with Crippen LogP contribution in [0.25, 0.3) is 0 Å². The number of hydrogen-bond acceptors (Lipinski definition) is 3. The third-order valence-corrected chi connectivity index (χ3v) is 3.92. The second-order valence-corrected chi connectivity index (χ2v) is 6.12. The summed E-state index contributed by atoms with van der Waals surface area (Å²) in [7, 11) is 0. The van der Waals surface area contributed by atoms with Gasteiger partial charge in [-0.15, -0.1) is 0 Å². The third-order valence-electron chi connectivity index (χ3n) is 3.92. The molecule has 0 bridgehead atoms. The van der Waals surface area contributed by atoms with Crippen molar-refractivity contribution < 1.29 is 9.90 Å². The molecule has 0 spiro atoms. The molecule has 1 saturated carbocycles. The van der Waals surface area contributed by atoms with E-state index in [0.717, 1.165) is 45.1 Å². The van der Waals surface area contributed by atoms with Crippen molar-refractivity contribution in [3.63, 3.8) is 0 Å². The minimum absolute atomic E-state index is 0.0235. The molecule has 4 N–H and O–H groups in total. The van der Waals surface area contributed by atoms with Gasteiger partial charge < -0.3 is 16.2 Å². The van der Waals surface area contributed by atoms with Crippen molar-refractivity contribution >= 4 is 5.91 Å². The minimum Gasteiger partial charge on any atom is -0.394 e. The zero-order valence-corrected chi connectivity index (χ0v) is 11.7. The zero-order valence-electron chi connectivity index (χ0n) is 11.7. The number of rotatable bonds is 6. The lowest BCUT2D eigenvalue weighted by Crippen LogP contribution is -2.48. The Morgan fingerprint density at radius 2 is 2.06 bits per heavy atom. The van der Waals surface area contributed by atoms with Crippen LogP contribution in [0.1, 0.15) is 52.4 Å². The van der Waals surface area contributed by atoms with Gasteiger partial charge in [0.1, 0.15) is 0 Å². The second-order valence-electron chi connectivity index (χ2n) is 6.12. The molecule has 1 fully saturated rings. The maximum atomic E-state index is 11.9. The van der Waals surface area contributed by atoms with Crippen LogP contribution in [-0.2, 0) is 4.79 Å². The maximum Gasteiger partial charge on any atom is 0.223 e. The Bertz CT molecular complexity index is 259. The Balaban J connectivity index is 2.20. The summed E-state index contributed by atoms with van der Waals surface area (Å²) >= 11 is 0. The van der Waals surface area contributed by atoms with Crippen LogP contribution in [0.2, 0.25) is 0 Å². The van der Waals surface area contributed by atoms with Gasteiger partial charge in [-0.3, -0.25) is 4.79 Å². The number of nitrogens with one attached hydrogen (secondary N) is 1. The van der Waals surface area contributed by atoms with Gasteiger partial charge >= 0.3 is 0 Å². The smallest absolute Gasteiger partial charge is 0.223 e. The van der Waals surface area contributed by atoms with E-state index in [4.69, 9.17) is 5.73 Å². The molecule has 0 radical (unpaired) electrons. The quantitative estimate of drug-likeness (QED) is 0.629. The largest absolute Gasteiger partial charge is 0.394 e. The van der Waals surface area contributed by atoms with Gasteiger partial charge in [-0.1, -0.05) is 13.8 Å². The molecule has 1 aliphatic carbocycles. The highest BCUT2D eigenvalue weighted by Gasteiger charge is 2.33. The average molecular weight is 256 g/mol. The topological polar surface area (TPSA) is 75.4 Å². The molecule has 1 rings (SSSR count). The Morgan fingerprint density at radius 1 is 1.44 bits per heavy atom. The van der Waals surface area contributed by atoms with Gasteiger partial charge in [-0.2, -0.15) is 0 Å². The van der Waals surface area contributed by atoms with Crippen LogP contribution >= 0.6 is 0 Å². The van der Waals surface area contributed by atoms with Crippen molar-refractivity contribution in [2.45, 2.75) is 57.9 Å². The molecule has 0 heterocycles. The lowest BCUT2D eigenvalue weighted by atomic mass is 9.77. The highest BCUT2D eigenvalue weighted by Crippen LogP contribution is 2.30. The summed E-state index contributed by atoms with van der Waals surface area (Å²) in [5, 5.41) is 12.2. The number of aliphatic hydroxyl groups is 1. The number of amides is 1. The van der Waals surface area contributed by atoms with Crippen LogP contribution in [-0.4, -0.2) is 29.7 Å². The van der Waals surface area contributed by atoms with Crippen LogP contribution in [0.5, 0.6) is 0 Å². The van der Waals surface area contributed by atoms with E-state index in [1.165, 1.54) is 0 Å². The average Bonchev–Trinajstić information content (AvgIpc) is 2.35. The first-order valence-corrected chi connectivity index (χ1v) is 7.14. The lowest BCUT2D eigenvalue weighted by Gasteiger charge is -2.35. The van der Waals surface area contributed by atoms with Crippen molar-refractivity contribution in [3.05, 3.63) is 0 Å². The summed E-state index contributed by atoms with van der Waals surface area (Å²) in [6, 6.07) is 0. The highest BCUT2D eigenvalue weighted by molar-refractivity contribution is 5.78. The van der Waals surface area contributed by atoms with Crippen LogP contribution in [0, 0.1) is 11.8 Å². The van der Waals surface area contributed by atoms with Crippen LogP contribution in [0.4, 0.5) is 0 Å². The fourth-order valence-corrected chi connectivity index (χ4v) is 2.48. The molecule has 0 unspecified atom stereocenters. The summed E-state index contributed by atoms with van der Waals surface area (Å²) in [6.07, 6.45) is 5.29. The SMILES string of the molecule is CC(C)CCCNC(=O)C1CCC(N)(CO)CC1. The van der Waals surface area contributed by atoms with Gasteiger partial charge in [0.05, 0.1) is 6.61 Å². The van der Waals surface area contributed by atoms with E-state index in [-0.39, 0.29) is 18.4 Å². The molecule has 0 atom stereocenters. The summed E-state index contributed by atoms with van der Waals surface area (Å²) in [5.74, 6) is 0.949. The van der Waals surface area contributed by atoms with Gasteiger partial charge in [0.2, 0.25) is 5.91 Å². The van der Waals surface area contributed by atoms with Gasteiger partial charge in [0.15, 0.2) is 0 Å². The van der Waals surface area contributed by atoms with E-state index in [1.54, 1.807) is 0 Å². The van der Waals surface area contributed by atoms with E-state index in [1.807, 2.05) is 0 Å². The first-order chi connectivity index (χ1) is 8.47. The Hall–Kier alpha value is -0.610. The normalized spacial score (nSPS) is 28.4. The molecule has 106 valence electrons. The molecule has 0 saturated heterocycles. The molecule has 0 aromatic rings. The molecule has 1 aliphatic rings. The molecule has 0 aromatic heterocycles. The molecule has 0 aliphatic heterocycles. The number of hydrogen-bond donors (Lipinski definition) is 3. The summed E-state index contributed by atoms with van der Waals surface area (Å²) < 4.78 is 0. The van der Waals surface area contributed by atoms with Gasteiger partial charge in [-0.05, 0) is 44.4 Å². The summed E-state index contributed by atoms with van der Waals surface area (Å²) in [6.45, 7) is 5.19. The van der Waals surface area contributed by atoms with E-state index in [0.29, 0.717) is 5.92 Å². The molecule has 1 amide bonds. The molecule has 0 aromatic carbocycles. The number of aliphatic hydroxyl groups excluding tert-OH is 1. The minimum atomic E-state index is -0.450. The number of carbonyl (C=O) groups is 1. The van der Waals surface area contributed by atoms with Crippen LogP contribution in [0.3, 0.4) is 0 Å². The van der Waals surface area contributed by atoms with Gasteiger partial charge in [-0.25, -0.2) is 0 Å². The highest BCUT2D eigenvalue weighted by atomic mass is 16.3. The van der Waals surface area contributed by atoms with E-state index < -0.39 is 5.54 Å². The van der Waals surface area contributed by atoms with Crippen molar-refractivity contribution in [2.75, 3.05) is 13.2 Å². The fourth-order valence-electron chi connectivity index (χ4n) is 2.48. The van der Waals surface area contributed by atoms with Crippen molar-refractivity contribution in [1.82, 2.24) is 5.32 Å². The predicted molar refractivity (Wildman–Crippen MR) is 73.0 cm³/mol. The monoisotopic (exact) mass is 256 g/mol. The Kier molecular flexibility index (Phi) is 6.09. The molecular weight excluding hydrogens is 228 g/mol. The maximum absolute atomic E-state index is 11.9. The van der Waals surface area contributed by atoms with Crippen molar-refractivity contribution in [1.29, 1.82) is 0 Å². The number of carbonyl (C=O) groups excluding carboxylic acids is 1. The Morgan fingerprint density at radius 3 is 2.56 bits per heavy atom. The third kappa shape index (κ3) is 4.94. The fraction of sp³-hybridized carbons (Fsp3) is 0.929. The van der Waals surface area contributed by atoms with E-state index >= 15 is 0 Å². The molecule has 4 nitrogen and oxygen atoms in total. The first kappa shape index (κ1) is 15.4. The second kappa shape index (κ2) is 7.10. The molecule has 18 heavy (non-hydrogen) atoms. The molecule has 4 heteroatoms. The van der Waals surface area contributed by atoms with Crippen molar-refractivity contribution in [2.24, 2.45) is 17.6 Å². The summed E-state index contributed by atoms with van der Waals surface area (Å²) in [4.78, 5) is 11.9. The zero-order chi connectivity index (χ0) is 13.6. The predicted octanol–water partition coefficient (Wildman–Crippen LogP) is 1.42. The standard InChI is InChI=1S/C14H28N2O2/c1-11(2)4-3-9-16-13(18)12-5-7-14(15,10-17)8-6-12/h11-12,17H,3-10,15H2,1-2H3,(H,16,18). The Labute approximate surface area is 110 Å².